The maximum absolute atomic E-state index is 11.7. The zero-order valence-corrected chi connectivity index (χ0v) is 19.3. The smallest absolute Gasteiger partial charge is 0.305 e. The minimum absolute atomic E-state index is 0.198. The van der Waals surface area contributed by atoms with Gasteiger partial charge in [-0.3, -0.25) is 4.79 Å². The largest absolute Gasteiger partial charge is 0.466 e. The molecule has 2 heterocycles. The summed E-state index contributed by atoms with van der Waals surface area (Å²) in [6.07, 6.45) is 0.992. The topological polar surface area (TPSA) is 90.2 Å². The number of carbonyl (C=O) groups is 1. The van der Waals surface area contributed by atoms with Gasteiger partial charge >= 0.3 is 5.97 Å². The molecule has 1 aliphatic rings. The lowest BCUT2D eigenvalue weighted by atomic mass is 10.2. The number of benzene rings is 2. The van der Waals surface area contributed by atoms with Gasteiger partial charge in [0.2, 0.25) is 12.7 Å². The molecule has 2 aromatic carbocycles. The average molecular weight is 462 g/mol. The molecule has 0 amide bonds. The maximum atomic E-state index is 11.7. The van der Waals surface area contributed by atoms with Gasteiger partial charge in [-0.15, -0.1) is 0 Å². The van der Waals surface area contributed by atoms with Gasteiger partial charge in [0.25, 0.3) is 0 Å². The Balaban J connectivity index is 1.58. The highest BCUT2D eigenvalue weighted by Gasteiger charge is 2.16. The van der Waals surface area contributed by atoms with E-state index in [1.165, 1.54) is 0 Å². The third kappa shape index (κ3) is 5.29. The van der Waals surface area contributed by atoms with Gasteiger partial charge in [0.05, 0.1) is 18.7 Å². The minimum atomic E-state index is -0.198. The highest BCUT2D eigenvalue weighted by Crippen LogP contribution is 2.33. The van der Waals surface area contributed by atoms with E-state index < -0.39 is 0 Å². The van der Waals surface area contributed by atoms with E-state index in [1.807, 2.05) is 36.1 Å². The van der Waals surface area contributed by atoms with Crippen LogP contribution in [0.15, 0.2) is 36.4 Å². The number of rotatable bonds is 10. The van der Waals surface area contributed by atoms with Crippen molar-refractivity contribution in [3.05, 3.63) is 53.4 Å². The summed E-state index contributed by atoms with van der Waals surface area (Å²) in [6, 6.07) is 11.2. The van der Waals surface area contributed by atoms with Crippen molar-refractivity contribution in [1.82, 2.24) is 9.97 Å². The Morgan fingerprint density at radius 2 is 2.03 bits per heavy atom. The van der Waals surface area contributed by atoms with E-state index in [2.05, 4.69) is 10.2 Å². The molecule has 0 fully saturated rings. The zero-order valence-electron chi connectivity index (χ0n) is 19.3. The van der Waals surface area contributed by atoms with Crippen LogP contribution in [0.25, 0.3) is 15.7 Å². The van der Waals surface area contributed by atoms with E-state index in [4.69, 9.17) is 30.8 Å². The second kappa shape index (κ2) is 10.7. The fourth-order valence-electron chi connectivity index (χ4n) is 3.73. The minimum Gasteiger partial charge on any atom is -0.466 e. The molecule has 9 heteroatoms. The van der Waals surface area contributed by atoms with Crippen LogP contribution in [-0.2, 0) is 16.1 Å². The van der Waals surface area contributed by atoms with Crippen LogP contribution >= 0.6 is 0 Å². The predicted molar refractivity (Wildman–Crippen MR) is 129 cm³/mol. The molecule has 4 rings (SSSR count). The van der Waals surface area contributed by atoms with Gasteiger partial charge in [-0.1, -0.05) is 12.1 Å². The number of ether oxygens (including phenoxy) is 3. The van der Waals surface area contributed by atoms with Crippen LogP contribution in [0, 0.1) is 6.57 Å². The normalized spacial score (nSPS) is 11.8. The number of nitrogens with one attached hydrogen (secondary N) is 1. The van der Waals surface area contributed by atoms with Gasteiger partial charge in [-0.25, -0.2) is 9.83 Å². The average Bonchev–Trinajstić information content (AvgIpc) is 3.33. The fourth-order valence-corrected chi connectivity index (χ4v) is 3.73. The summed E-state index contributed by atoms with van der Waals surface area (Å²) in [7, 11) is 0. The molecule has 1 aliphatic heterocycles. The van der Waals surface area contributed by atoms with E-state index in [0.717, 1.165) is 28.0 Å². The van der Waals surface area contributed by atoms with E-state index in [-0.39, 0.29) is 12.8 Å². The number of hydrogen-bond donors (Lipinski definition) is 1. The third-order valence-corrected chi connectivity index (χ3v) is 5.47. The molecule has 0 unspecified atom stereocenters. The van der Waals surface area contributed by atoms with Crippen LogP contribution in [-0.4, -0.2) is 42.4 Å². The first-order valence-electron chi connectivity index (χ1n) is 11.3. The van der Waals surface area contributed by atoms with Gasteiger partial charge in [0, 0.05) is 31.4 Å². The van der Waals surface area contributed by atoms with Gasteiger partial charge in [0.15, 0.2) is 17.2 Å². The third-order valence-electron chi connectivity index (χ3n) is 5.47. The van der Waals surface area contributed by atoms with Crippen molar-refractivity contribution >= 4 is 34.3 Å². The van der Waals surface area contributed by atoms with Gasteiger partial charge < -0.3 is 24.4 Å². The Labute approximate surface area is 198 Å². The van der Waals surface area contributed by atoms with Crippen LogP contribution < -0.4 is 19.7 Å². The molecule has 1 aromatic heterocycles. The van der Waals surface area contributed by atoms with Crippen molar-refractivity contribution in [2.45, 2.75) is 33.2 Å². The van der Waals surface area contributed by atoms with E-state index in [9.17, 15) is 4.79 Å². The molecule has 34 heavy (non-hydrogen) atoms. The predicted octanol–water partition coefficient (Wildman–Crippen LogP) is 4.69. The molecule has 0 saturated carbocycles. The number of aromatic nitrogens is 2. The molecule has 9 nitrogen and oxygen atoms in total. The Hall–Kier alpha value is -4.06. The molecular formula is C25H27N5O4. The molecule has 0 radical (unpaired) electrons. The molecule has 0 saturated heterocycles. The Morgan fingerprint density at radius 1 is 1.18 bits per heavy atom. The SMILES string of the molecule is [C-]#[N+]c1ccc2nc(N(CC)CCCC(=O)OCC)nc(NCc3ccc4c(c3)OCO4)c2c1. The van der Waals surface area contributed by atoms with Crippen molar-refractivity contribution in [1.29, 1.82) is 0 Å². The highest BCUT2D eigenvalue weighted by atomic mass is 16.7. The van der Waals surface area contributed by atoms with Crippen molar-refractivity contribution in [2.24, 2.45) is 0 Å². The summed E-state index contributed by atoms with van der Waals surface area (Å²) in [5.41, 5.74) is 2.28. The Bertz CT molecular complexity index is 1220. The van der Waals surface area contributed by atoms with Gasteiger partial charge in [0.1, 0.15) is 5.82 Å². The lowest BCUT2D eigenvalue weighted by Crippen LogP contribution is -2.27. The number of nitrogens with zero attached hydrogens (tertiary/aromatic N) is 4. The van der Waals surface area contributed by atoms with E-state index >= 15 is 0 Å². The summed E-state index contributed by atoms with van der Waals surface area (Å²) in [6.45, 7) is 13.6. The first kappa shape index (κ1) is 23.1. The Morgan fingerprint density at radius 3 is 2.82 bits per heavy atom. The lowest BCUT2D eigenvalue weighted by molar-refractivity contribution is -0.143. The molecule has 3 aromatic rings. The second-order valence-corrected chi connectivity index (χ2v) is 7.71. The maximum Gasteiger partial charge on any atom is 0.305 e. The van der Waals surface area contributed by atoms with Crippen molar-refractivity contribution in [2.75, 3.05) is 36.7 Å². The standard InChI is InChI=1S/C25H27N5O4/c1-4-30(12-6-7-23(31)32-5-2)25-28-20-10-9-18(26-3)14-19(20)24(29-25)27-15-17-8-11-21-22(13-17)34-16-33-21/h8-11,13-14H,4-7,12,15-16H2,1-2H3,(H,27,28,29). The number of esters is 1. The monoisotopic (exact) mass is 461 g/mol. The van der Waals surface area contributed by atoms with Crippen LogP contribution in [0.5, 0.6) is 11.5 Å². The van der Waals surface area contributed by atoms with E-state index in [1.54, 1.807) is 19.1 Å². The summed E-state index contributed by atoms with van der Waals surface area (Å²) < 4.78 is 15.9. The number of fused-ring (bicyclic) bond motifs is 2. The molecule has 0 aliphatic carbocycles. The zero-order chi connectivity index (χ0) is 23.9. The highest BCUT2D eigenvalue weighted by molar-refractivity contribution is 5.92. The summed E-state index contributed by atoms with van der Waals surface area (Å²) in [4.78, 5) is 26.8. The molecule has 176 valence electrons. The van der Waals surface area contributed by atoms with Crippen LogP contribution in [0.1, 0.15) is 32.3 Å². The fraction of sp³-hybridized carbons (Fsp3) is 0.360. The van der Waals surface area contributed by atoms with Crippen LogP contribution in [0.4, 0.5) is 17.5 Å². The van der Waals surface area contributed by atoms with Crippen molar-refractivity contribution < 1.29 is 19.0 Å². The number of anilines is 2. The summed E-state index contributed by atoms with van der Waals surface area (Å²) in [5, 5.41) is 4.18. The number of hydrogen-bond acceptors (Lipinski definition) is 8. The van der Waals surface area contributed by atoms with E-state index in [0.29, 0.717) is 56.5 Å². The molecule has 0 spiro atoms. The molecular weight excluding hydrogens is 434 g/mol. The number of carbonyl (C=O) groups excluding carboxylic acids is 1. The van der Waals surface area contributed by atoms with Crippen LogP contribution in [0.3, 0.4) is 0 Å². The van der Waals surface area contributed by atoms with Crippen molar-refractivity contribution in [3.63, 3.8) is 0 Å². The summed E-state index contributed by atoms with van der Waals surface area (Å²) >= 11 is 0. The molecule has 0 bridgehead atoms. The van der Waals surface area contributed by atoms with Crippen molar-refractivity contribution in [3.8, 4) is 11.5 Å². The van der Waals surface area contributed by atoms with Crippen LogP contribution in [0.2, 0.25) is 0 Å². The second-order valence-electron chi connectivity index (χ2n) is 7.71. The first-order chi connectivity index (χ1) is 16.6. The Kier molecular flexibility index (Phi) is 7.28. The summed E-state index contributed by atoms with van der Waals surface area (Å²) in [5.74, 6) is 2.48. The van der Waals surface area contributed by atoms with Gasteiger partial charge in [-0.05, 0) is 50.1 Å². The quantitative estimate of drug-likeness (QED) is 0.344. The first-order valence-corrected chi connectivity index (χ1v) is 11.3. The van der Waals surface area contributed by atoms with Gasteiger partial charge in [-0.2, -0.15) is 4.98 Å². The molecule has 0 atom stereocenters. The molecule has 1 N–H and O–H groups in total. The lowest BCUT2D eigenvalue weighted by Gasteiger charge is -2.22.